The van der Waals surface area contributed by atoms with Gasteiger partial charge in [-0.15, -0.1) is 11.3 Å². The van der Waals surface area contributed by atoms with Crippen molar-refractivity contribution in [1.29, 1.82) is 0 Å². The predicted octanol–water partition coefficient (Wildman–Crippen LogP) is 4.26. The number of rotatable bonds is 7. The summed E-state index contributed by atoms with van der Waals surface area (Å²) in [6.07, 6.45) is 4.18. The molecule has 1 aromatic carbocycles. The van der Waals surface area contributed by atoms with Gasteiger partial charge >= 0.3 is 5.97 Å². The van der Waals surface area contributed by atoms with Crippen molar-refractivity contribution in [3.63, 3.8) is 0 Å². The van der Waals surface area contributed by atoms with Crippen LogP contribution >= 0.6 is 23.1 Å². The van der Waals surface area contributed by atoms with Crippen molar-refractivity contribution in [2.24, 2.45) is 0 Å². The lowest BCUT2D eigenvalue weighted by Crippen LogP contribution is -2.24. The van der Waals surface area contributed by atoms with Gasteiger partial charge in [-0.25, -0.2) is 14.5 Å². The molecule has 1 atom stereocenters. The summed E-state index contributed by atoms with van der Waals surface area (Å²) >= 11 is 2.57. The molecule has 186 valence electrons. The Morgan fingerprint density at radius 1 is 1.28 bits per heavy atom. The number of hydrogen-bond acceptors (Lipinski definition) is 8. The number of nitrogens with zero attached hydrogens (tertiary/aromatic N) is 3. The molecule has 4 aromatic rings. The number of ether oxygens (including phenoxy) is 1. The number of benzene rings is 1. The number of amides is 1. The fourth-order valence-corrected chi connectivity index (χ4v) is 6.25. The summed E-state index contributed by atoms with van der Waals surface area (Å²) in [5, 5.41) is 7.85. The third kappa shape index (κ3) is 4.56. The summed E-state index contributed by atoms with van der Waals surface area (Å²) < 4.78 is 6.85. The number of thioether (sulfide) groups is 1. The van der Waals surface area contributed by atoms with E-state index in [2.05, 4.69) is 20.4 Å². The van der Waals surface area contributed by atoms with Gasteiger partial charge in [-0.1, -0.05) is 29.5 Å². The molecule has 1 aliphatic rings. The van der Waals surface area contributed by atoms with E-state index >= 15 is 0 Å². The van der Waals surface area contributed by atoms with Crippen molar-refractivity contribution in [3.05, 3.63) is 62.4 Å². The molecule has 0 bridgehead atoms. The number of anilines is 1. The van der Waals surface area contributed by atoms with E-state index in [1.165, 1.54) is 17.5 Å². The summed E-state index contributed by atoms with van der Waals surface area (Å²) in [5.41, 5.74) is 3.43. The van der Waals surface area contributed by atoms with Crippen molar-refractivity contribution >= 4 is 51.0 Å². The first kappa shape index (κ1) is 24.3. The molecule has 0 radical (unpaired) electrons. The molecule has 3 aromatic heterocycles. The van der Waals surface area contributed by atoms with Crippen molar-refractivity contribution in [3.8, 4) is 5.69 Å². The second-order valence-electron chi connectivity index (χ2n) is 8.53. The first-order valence-electron chi connectivity index (χ1n) is 11.7. The zero-order valence-corrected chi connectivity index (χ0v) is 21.7. The monoisotopic (exact) mass is 523 g/mol. The highest BCUT2D eigenvalue weighted by Gasteiger charge is 2.29. The Morgan fingerprint density at radius 2 is 2.06 bits per heavy atom. The van der Waals surface area contributed by atoms with Crippen LogP contribution in [0.25, 0.3) is 16.7 Å². The summed E-state index contributed by atoms with van der Waals surface area (Å²) in [6, 6.07) is 7.74. The van der Waals surface area contributed by atoms with Crippen LogP contribution in [0.1, 0.15) is 46.6 Å². The second-order valence-corrected chi connectivity index (χ2v) is 11.0. The van der Waals surface area contributed by atoms with Gasteiger partial charge in [-0.05, 0) is 57.7 Å². The fourth-order valence-electron chi connectivity index (χ4n) is 4.18. The normalized spacial score (nSPS) is 13.5. The maximum atomic E-state index is 13.1. The van der Waals surface area contributed by atoms with E-state index in [0.717, 1.165) is 52.7 Å². The van der Waals surface area contributed by atoms with Gasteiger partial charge in [0.15, 0.2) is 10.8 Å². The van der Waals surface area contributed by atoms with E-state index in [4.69, 9.17) is 4.74 Å². The van der Waals surface area contributed by atoms with Crippen molar-refractivity contribution in [2.45, 2.75) is 50.4 Å². The summed E-state index contributed by atoms with van der Waals surface area (Å²) in [6.45, 7) is 5.75. The average Bonchev–Trinajstić information content (AvgIpc) is 3.54. The van der Waals surface area contributed by atoms with Crippen molar-refractivity contribution in [1.82, 2.24) is 19.7 Å². The molecule has 0 spiro atoms. The lowest BCUT2D eigenvalue weighted by molar-refractivity contribution is -0.115. The Hall–Kier alpha value is -3.44. The Morgan fingerprint density at radius 3 is 2.81 bits per heavy atom. The van der Waals surface area contributed by atoms with Gasteiger partial charge in [0.25, 0.3) is 5.56 Å². The van der Waals surface area contributed by atoms with Crippen LogP contribution in [0.3, 0.4) is 0 Å². The second kappa shape index (κ2) is 9.90. The van der Waals surface area contributed by atoms with Gasteiger partial charge in [0.1, 0.15) is 10.4 Å². The molecule has 5 rings (SSSR count). The third-order valence-corrected chi connectivity index (χ3v) is 8.18. The number of thiophene rings is 1. The van der Waals surface area contributed by atoms with Crippen LogP contribution in [-0.4, -0.2) is 43.5 Å². The van der Waals surface area contributed by atoms with Crippen LogP contribution in [0.5, 0.6) is 0 Å². The topological polar surface area (TPSA) is 119 Å². The van der Waals surface area contributed by atoms with Gasteiger partial charge in [0.05, 0.1) is 29.3 Å². The van der Waals surface area contributed by atoms with Crippen molar-refractivity contribution < 1.29 is 14.3 Å². The minimum atomic E-state index is -0.590. The minimum Gasteiger partial charge on any atom is -0.462 e. The van der Waals surface area contributed by atoms with E-state index in [1.54, 1.807) is 18.5 Å². The van der Waals surface area contributed by atoms with E-state index in [1.807, 2.05) is 31.2 Å². The van der Waals surface area contributed by atoms with Crippen LogP contribution in [0, 0.1) is 6.92 Å². The van der Waals surface area contributed by atoms with Crippen LogP contribution in [-0.2, 0) is 22.4 Å². The molecule has 3 heterocycles. The number of hydrogen-bond donors (Lipinski definition) is 2. The molecule has 36 heavy (non-hydrogen) atoms. The highest BCUT2D eigenvalue weighted by molar-refractivity contribution is 8.00. The van der Waals surface area contributed by atoms with Gasteiger partial charge in [0, 0.05) is 4.88 Å². The summed E-state index contributed by atoms with van der Waals surface area (Å²) in [5.74, 6) is -0.700. The quantitative estimate of drug-likeness (QED) is 0.211. The van der Waals surface area contributed by atoms with E-state index < -0.39 is 11.2 Å². The molecule has 1 aliphatic carbocycles. The standard InChI is InChI=1S/C25H25N5O4S2/c1-4-34-24(33)19-16-6-5-7-18(16)36-23(19)28-21(31)14(3)35-25-27-20-17(22(32)29-25)12-26-30(20)15-10-8-13(2)9-11-15/h8-12,14H,4-7H2,1-3H3,(H,28,31)(H,27,29,32)/t14-/m1/s1. The molecule has 0 aliphatic heterocycles. The largest absolute Gasteiger partial charge is 0.462 e. The number of carbonyl (C=O) groups is 2. The lowest BCUT2D eigenvalue weighted by Gasteiger charge is -2.12. The molecule has 11 heteroatoms. The number of H-pyrrole nitrogens is 1. The number of carbonyl (C=O) groups excluding carboxylic acids is 2. The van der Waals surface area contributed by atoms with Crippen molar-refractivity contribution in [2.75, 3.05) is 11.9 Å². The summed E-state index contributed by atoms with van der Waals surface area (Å²) in [7, 11) is 0. The Labute approximate surface area is 215 Å². The molecule has 0 saturated heterocycles. The molecule has 0 unspecified atom stereocenters. The Balaban J connectivity index is 1.38. The molecule has 9 nitrogen and oxygen atoms in total. The van der Waals surface area contributed by atoms with Crippen LogP contribution in [0.15, 0.2) is 40.4 Å². The zero-order chi connectivity index (χ0) is 25.4. The predicted molar refractivity (Wildman–Crippen MR) is 140 cm³/mol. The Kier molecular flexibility index (Phi) is 6.67. The number of aryl methyl sites for hydroxylation is 2. The number of fused-ring (bicyclic) bond motifs is 2. The van der Waals surface area contributed by atoms with Crippen LogP contribution in [0.4, 0.5) is 5.00 Å². The zero-order valence-electron chi connectivity index (χ0n) is 20.1. The number of aromatic amines is 1. The summed E-state index contributed by atoms with van der Waals surface area (Å²) in [4.78, 5) is 46.8. The number of nitrogens with one attached hydrogen (secondary N) is 2. The maximum Gasteiger partial charge on any atom is 0.341 e. The van der Waals surface area contributed by atoms with Gasteiger partial charge in [0.2, 0.25) is 5.91 Å². The average molecular weight is 524 g/mol. The van der Waals surface area contributed by atoms with E-state index in [9.17, 15) is 14.4 Å². The molecular formula is C25H25N5O4S2. The highest BCUT2D eigenvalue weighted by Crippen LogP contribution is 2.40. The highest BCUT2D eigenvalue weighted by atomic mass is 32.2. The SMILES string of the molecule is CCOC(=O)c1c(NC(=O)[C@@H](C)Sc2nc3c(cnn3-c3ccc(C)cc3)c(=O)[nH]2)sc2c1CCC2. The van der Waals surface area contributed by atoms with E-state index in [-0.39, 0.29) is 18.1 Å². The first-order chi connectivity index (χ1) is 17.4. The number of esters is 1. The van der Waals surface area contributed by atoms with E-state index in [0.29, 0.717) is 26.8 Å². The Bertz CT molecular complexity index is 1520. The molecule has 2 N–H and O–H groups in total. The van der Waals surface area contributed by atoms with Crippen LogP contribution in [0.2, 0.25) is 0 Å². The molecule has 1 amide bonds. The van der Waals surface area contributed by atoms with Crippen LogP contribution < -0.4 is 10.9 Å². The fraction of sp³-hybridized carbons (Fsp3) is 0.320. The van der Waals surface area contributed by atoms with Gasteiger partial charge in [-0.3, -0.25) is 9.59 Å². The molecule has 0 saturated carbocycles. The lowest BCUT2D eigenvalue weighted by atomic mass is 10.1. The first-order valence-corrected chi connectivity index (χ1v) is 13.4. The van der Waals surface area contributed by atoms with Gasteiger partial charge < -0.3 is 15.0 Å². The minimum absolute atomic E-state index is 0.268. The smallest absolute Gasteiger partial charge is 0.341 e. The van der Waals surface area contributed by atoms with Gasteiger partial charge in [-0.2, -0.15) is 5.10 Å². The maximum absolute atomic E-state index is 13.1. The molecule has 0 fully saturated rings. The third-order valence-electron chi connectivity index (χ3n) is 5.99. The number of aromatic nitrogens is 4. The molecular weight excluding hydrogens is 498 g/mol.